The number of hydrogen-bond donors (Lipinski definition) is 2. The summed E-state index contributed by atoms with van der Waals surface area (Å²) in [5, 5.41) is 6.06. The maximum Gasteiger partial charge on any atom is 0.255 e. The summed E-state index contributed by atoms with van der Waals surface area (Å²) in [5.41, 5.74) is 3.16. The molecule has 0 saturated heterocycles. The summed E-state index contributed by atoms with van der Waals surface area (Å²) in [4.78, 5) is 20.3. The molecule has 0 aliphatic heterocycles. The minimum Gasteiger partial charge on any atom is -0.340 e. The first-order valence-corrected chi connectivity index (χ1v) is 7.23. The van der Waals surface area contributed by atoms with Crippen molar-refractivity contribution < 1.29 is 4.79 Å². The smallest absolute Gasteiger partial charge is 0.255 e. The van der Waals surface area contributed by atoms with Crippen LogP contribution in [0, 0.1) is 6.92 Å². The normalized spacial score (nSPS) is 10.1. The molecular formula is C18H16N4O. The number of carbonyl (C=O) groups is 1. The van der Waals surface area contributed by atoms with E-state index in [1.165, 1.54) is 6.33 Å². The van der Waals surface area contributed by atoms with Gasteiger partial charge in [0.15, 0.2) is 0 Å². The number of amides is 1. The number of nitrogens with zero attached hydrogens (tertiary/aromatic N) is 2. The molecule has 0 aliphatic rings. The topological polar surface area (TPSA) is 66.9 Å². The van der Waals surface area contributed by atoms with Crippen molar-refractivity contribution in [1.29, 1.82) is 0 Å². The average Bonchev–Trinajstić information content (AvgIpc) is 2.57. The highest BCUT2D eigenvalue weighted by molar-refractivity contribution is 6.04. The zero-order chi connectivity index (χ0) is 16.1. The molecule has 0 spiro atoms. The zero-order valence-corrected chi connectivity index (χ0v) is 12.7. The molecule has 1 aromatic heterocycles. The molecule has 0 atom stereocenters. The molecule has 5 heteroatoms. The molecule has 0 radical (unpaired) electrons. The van der Waals surface area contributed by atoms with Gasteiger partial charge >= 0.3 is 0 Å². The van der Waals surface area contributed by atoms with E-state index < -0.39 is 0 Å². The highest BCUT2D eigenvalue weighted by Crippen LogP contribution is 2.18. The van der Waals surface area contributed by atoms with E-state index >= 15 is 0 Å². The van der Waals surface area contributed by atoms with Crippen molar-refractivity contribution in [2.45, 2.75) is 6.92 Å². The van der Waals surface area contributed by atoms with Crippen LogP contribution in [-0.4, -0.2) is 15.9 Å². The highest BCUT2D eigenvalue weighted by Gasteiger charge is 2.05. The molecule has 3 aromatic rings. The summed E-state index contributed by atoms with van der Waals surface area (Å²) < 4.78 is 0. The maximum atomic E-state index is 12.1. The summed E-state index contributed by atoms with van der Waals surface area (Å²) in [6, 6.07) is 18.4. The van der Waals surface area contributed by atoms with E-state index in [1.807, 2.05) is 55.5 Å². The van der Waals surface area contributed by atoms with Gasteiger partial charge < -0.3 is 10.6 Å². The van der Waals surface area contributed by atoms with E-state index in [4.69, 9.17) is 0 Å². The van der Waals surface area contributed by atoms with Crippen LogP contribution in [0.15, 0.2) is 67.0 Å². The molecule has 0 unspecified atom stereocenters. The van der Waals surface area contributed by atoms with Crippen molar-refractivity contribution in [1.82, 2.24) is 9.97 Å². The lowest BCUT2D eigenvalue weighted by Crippen LogP contribution is -2.11. The third-order valence-corrected chi connectivity index (χ3v) is 3.25. The second-order valence-electron chi connectivity index (χ2n) is 5.07. The summed E-state index contributed by atoms with van der Waals surface area (Å²) in [5.74, 6) is 0.608. The monoisotopic (exact) mass is 304 g/mol. The van der Waals surface area contributed by atoms with Crippen molar-refractivity contribution in [3.8, 4) is 0 Å². The van der Waals surface area contributed by atoms with Gasteiger partial charge in [0.05, 0.1) is 0 Å². The van der Waals surface area contributed by atoms with E-state index in [9.17, 15) is 4.79 Å². The molecule has 1 amide bonds. The Balaban J connectivity index is 1.66. The lowest BCUT2D eigenvalue weighted by atomic mass is 10.2. The third-order valence-electron chi connectivity index (χ3n) is 3.25. The van der Waals surface area contributed by atoms with Crippen LogP contribution in [0.3, 0.4) is 0 Å². The second kappa shape index (κ2) is 6.70. The van der Waals surface area contributed by atoms with Gasteiger partial charge in [0.1, 0.15) is 12.1 Å². The Hall–Kier alpha value is -3.21. The van der Waals surface area contributed by atoms with Gasteiger partial charge in [0, 0.05) is 28.7 Å². The van der Waals surface area contributed by atoms with Gasteiger partial charge in [-0.15, -0.1) is 0 Å². The lowest BCUT2D eigenvalue weighted by Gasteiger charge is -2.08. The van der Waals surface area contributed by atoms with Crippen LogP contribution in [0.25, 0.3) is 0 Å². The molecular weight excluding hydrogens is 288 g/mol. The van der Waals surface area contributed by atoms with E-state index in [-0.39, 0.29) is 5.91 Å². The van der Waals surface area contributed by atoms with Crippen molar-refractivity contribution in [3.63, 3.8) is 0 Å². The summed E-state index contributed by atoms with van der Waals surface area (Å²) in [6.45, 7) is 1.91. The Morgan fingerprint density at radius 2 is 1.61 bits per heavy atom. The Morgan fingerprint density at radius 3 is 2.30 bits per heavy atom. The fraction of sp³-hybridized carbons (Fsp3) is 0.0556. The summed E-state index contributed by atoms with van der Waals surface area (Å²) in [7, 11) is 0. The number of nitrogens with one attached hydrogen (secondary N) is 2. The van der Waals surface area contributed by atoms with Gasteiger partial charge in [-0.25, -0.2) is 9.97 Å². The van der Waals surface area contributed by atoms with Crippen molar-refractivity contribution in [2.75, 3.05) is 10.6 Å². The van der Waals surface area contributed by atoms with Gasteiger partial charge in [0.25, 0.3) is 5.91 Å². The summed E-state index contributed by atoms with van der Waals surface area (Å²) >= 11 is 0. The number of rotatable bonds is 4. The lowest BCUT2D eigenvalue weighted by molar-refractivity contribution is 0.102. The SMILES string of the molecule is Cc1cc(Nc2ccc(NC(=O)c3ccccc3)cc2)ncn1. The maximum absolute atomic E-state index is 12.1. The van der Waals surface area contributed by atoms with Crippen LogP contribution in [0.2, 0.25) is 0 Å². The van der Waals surface area contributed by atoms with Crippen LogP contribution in [0.1, 0.15) is 16.1 Å². The highest BCUT2D eigenvalue weighted by atomic mass is 16.1. The van der Waals surface area contributed by atoms with Gasteiger partial charge in [0.2, 0.25) is 0 Å². The standard InChI is InChI=1S/C18H16N4O/c1-13-11-17(20-12-19-13)21-15-7-9-16(10-8-15)22-18(23)14-5-3-2-4-6-14/h2-12H,1H3,(H,22,23)(H,19,20,21). The molecule has 0 bridgehead atoms. The average molecular weight is 304 g/mol. The molecule has 3 rings (SSSR count). The molecule has 0 fully saturated rings. The first-order chi connectivity index (χ1) is 11.2. The molecule has 5 nitrogen and oxygen atoms in total. The first-order valence-electron chi connectivity index (χ1n) is 7.23. The fourth-order valence-electron chi connectivity index (χ4n) is 2.10. The number of aromatic nitrogens is 2. The largest absolute Gasteiger partial charge is 0.340 e. The zero-order valence-electron chi connectivity index (χ0n) is 12.7. The molecule has 114 valence electrons. The molecule has 0 aliphatic carbocycles. The van der Waals surface area contributed by atoms with Crippen LogP contribution in [-0.2, 0) is 0 Å². The Kier molecular flexibility index (Phi) is 4.29. The van der Waals surface area contributed by atoms with E-state index in [0.717, 1.165) is 22.9 Å². The van der Waals surface area contributed by atoms with Crippen LogP contribution < -0.4 is 10.6 Å². The van der Waals surface area contributed by atoms with Gasteiger partial charge in [-0.2, -0.15) is 0 Å². The van der Waals surface area contributed by atoms with E-state index in [0.29, 0.717) is 5.56 Å². The quantitative estimate of drug-likeness (QED) is 0.769. The number of hydrogen-bond acceptors (Lipinski definition) is 4. The van der Waals surface area contributed by atoms with Crippen molar-refractivity contribution in [3.05, 3.63) is 78.2 Å². The minimum absolute atomic E-state index is 0.127. The van der Waals surface area contributed by atoms with E-state index in [1.54, 1.807) is 12.1 Å². The van der Waals surface area contributed by atoms with Gasteiger partial charge in [-0.05, 0) is 43.3 Å². The molecule has 1 heterocycles. The predicted octanol–water partition coefficient (Wildman–Crippen LogP) is 3.78. The third kappa shape index (κ3) is 3.91. The fourth-order valence-corrected chi connectivity index (χ4v) is 2.10. The minimum atomic E-state index is -0.127. The Labute approximate surface area is 134 Å². The van der Waals surface area contributed by atoms with Crippen LogP contribution in [0.5, 0.6) is 0 Å². The Bertz CT molecular complexity index is 801. The Morgan fingerprint density at radius 1 is 0.913 bits per heavy atom. The molecule has 0 saturated carbocycles. The second-order valence-corrected chi connectivity index (χ2v) is 5.07. The summed E-state index contributed by atoms with van der Waals surface area (Å²) in [6.07, 6.45) is 1.52. The molecule has 2 aromatic carbocycles. The number of aryl methyl sites for hydroxylation is 1. The molecule has 23 heavy (non-hydrogen) atoms. The predicted molar refractivity (Wildman–Crippen MR) is 90.9 cm³/mol. The number of anilines is 3. The van der Waals surface area contributed by atoms with Crippen molar-refractivity contribution in [2.24, 2.45) is 0 Å². The van der Waals surface area contributed by atoms with Gasteiger partial charge in [-0.3, -0.25) is 4.79 Å². The van der Waals surface area contributed by atoms with Crippen LogP contribution in [0.4, 0.5) is 17.2 Å². The van der Waals surface area contributed by atoms with Crippen molar-refractivity contribution >= 4 is 23.1 Å². The van der Waals surface area contributed by atoms with E-state index in [2.05, 4.69) is 20.6 Å². The van der Waals surface area contributed by atoms with Crippen LogP contribution >= 0.6 is 0 Å². The molecule has 2 N–H and O–H groups in total. The number of benzene rings is 2. The first kappa shape index (κ1) is 14.7. The van der Waals surface area contributed by atoms with Gasteiger partial charge in [-0.1, -0.05) is 18.2 Å². The number of carbonyl (C=O) groups excluding carboxylic acids is 1.